The van der Waals surface area contributed by atoms with Crippen molar-refractivity contribution in [3.05, 3.63) is 33.1 Å². The highest BCUT2D eigenvalue weighted by Gasteiger charge is 2.27. The fraction of sp³-hybridized carbons (Fsp3) is 0.364. The molecular formula is C11H13ClN4O4. The number of hydrogen-bond acceptors (Lipinski definition) is 5. The number of hydrogen-bond donors (Lipinski definition) is 0. The van der Waals surface area contributed by atoms with Crippen LogP contribution in [0.5, 0.6) is 0 Å². The Kier molecular flexibility index (Phi) is 4.98. The zero-order valence-electron chi connectivity index (χ0n) is 11.2. The van der Waals surface area contributed by atoms with E-state index in [1.54, 1.807) is 14.1 Å². The Morgan fingerprint density at radius 2 is 2.00 bits per heavy atom. The van der Waals surface area contributed by atoms with Crippen molar-refractivity contribution in [3.8, 4) is 0 Å². The molecule has 1 aromatic rings. The molecule has 0 atom stereocenters. The highest BCUT2D eigenvalue weighted by molar-refractivity contribution is 6.32. The second kappa shape index (κ2) is 6.29. The number of pyridine rings is 1. The van der Waals surface area contributed by atoms with Gasteiger partial charge < -0.3 is 9.80 Å². The van der Waals surface area contributed by atoms with Gasteiger partial charge in [0.25, 0.3) is 5.91 Å². The van der Waals surface area contributed by atoms with Crippen molar-refractivity contribution in [2.45, 2.75) is 0 Å². The van der Waals surface area contributed by atoms with Gasteiger partial charge in [-0.3, -0.25) is 19.7 Å². The van der Waals surface area contributed by atoms with Crippen molar-refractivity contribution in [2.75, 3.05) is 27.7 Å². The average molecular weight is 301 g/mol. The summed E-state index contributed by atoms with van der Waals surface area (Å²) in [7, 11) is 4.47. The van der Waals surface area contributed by atoms with Gasteiger partial charge in [-0.2, -0.15) is 0 Å². The molecule has 8 nitrogen and oxygen atoms in total. The van der Waals surface area contributed by atoms with Crippen molar-refractivity contribution in [2.24, 2.45) is 0 Å². The molecule has 0 saturated heterocycles. The lowest BCUT2D eigenvalue weighted by Crippen LogP contribution is -2.38. The molecule has 108 valence electrons. The maximum Gasteiger partial charge on any atom is 0.319 e. The fourth-order valence-corrected chi connectivity index (χ4v) is 1.62. The number of aromatic nitrogens is 1. The largest absolute Gasteiger partial charge is 0.347 e. The molecule has 1 rings (SSSR count). The van der Waals surface area contributed by atoms with Crippen LogP contribution < -0.4 is 0 Å². The number of carbonyl (C=O) groups excluding carboxylic acids is 2. The smallest absolute Gasteiger partial charge is 0.319 e. The number of rotatable bonds is 4. The molecule has 0 spiro atoms. The monoisotopic (exact) mass is 300 g/mol. The van der Waals surface area contributed by atoms with Gasteiger partial charge in [-0.1, -0.05) is 11.6 Å². The van der Waals surface area contributed by atoms with Crippen LogP contribution in [0.1, 0.15) is 10.4 Å². The van der Waals surface area contributed by atoms with E-state index in [0.717, 1.165) is 4.90 Å². The van der Waals surface area contributed by atoms with Gasteiger partial charge in [0.2, 0.25) is 11.1 Å². The lowest BCUT2D eigenvalue weighted by molar-refractivity contribution is -0.385. The van der Waals surface area contributed by atoms with Crippen molar-refractivity contribution < 1.29 is 14.5 Å². The van der Waals surface area contributed by atoms with Crippen molar-refractivity contribution in [1.82, 2.24) is 14.8 Å². The van der Waals surface area contributed by atoms with E-state index in [0.29, 0.717) is 0 Å². The Morgan fingerprint density at radius 1 is 1.40 bits per heavy atom. The van der Waals surface area contributed by atoms with Crippen LogP contribution in [-0.4, -0.2) is 59.2 Å². The summed E-state index contributed by atoms with van der Waals surface area (Å²) in [6.45, 7) is -0.192. The van der Waals surface area contributed by atoms with Crippen LogP contribution in [0.25, 0.3) is 0 Å². The molecule has 9 heteroatoms. The van der Waals surface area contributed by atoms with E-state index in [9.17, 15) is 19.7 Å². The van der Waals surface area contributed by atoms with Gasteiger partial charge in [0.1, 0.15) is 5.56 Å². The molecule has 0 fully saturated rings. The van der Waals surface area contributed by atoms with Crippen molar-refractivity contribution >= 4 is 29.1 Å². The second-order valence-electron chi connectivity index (χ2n) is 4.20. The molecule has 0 radical (unpaired) electrons. The Labute approximate surface area is 120 Å². The molecule has 0 aromatic carbocycles. The van der Waals surface area contributed by atoms with E-state index in [-0.39, 0.29) is 23.2 Å². The van der Waals surface area contributed by atoms with E-state index in [1.165, 1.54) is 24.2 Å². The minimum atomic E-state index is -0.774. The van der Waals surface area contributed by atoms with Gasteiger partial charge in [0.15, 0.2) is 0 Å². The summed E-state index contributed by atoms with van der Waals surface area (Å²) in [5.41, 5.74) is -0.771. The summed E-state index contributed by atoms with van der Waals surface area (Å²) in [6, 6.07) is 1.20. The Morgan fingerprint density at radius 3 is 2.50 bits per heavy atom. The maximum absolute atomic E-state index is 12.1. The summed E-state index contributed by atoms with van der Waals surface area (Å²) in [5.74, 6) is -0.972. The molecule has 2 amide bonds. The number of likely N-dealkylation sites (N-methyl/N-ethyl adjacent to an activating group) is 2. The van der Waals surface area contributed by atoms with E-state index in [2.05, 4.69) is 4.98 Å². The molecular weight excluding hydrogens is 288 g/mol. The summed E-state index contributed by atoms with van der Waals surface area (Å²) >= 11 is 5.63. The average Bonchev–Trinajstić information content (AvgIpc) is 2.36. The molecule has 1 heterocycles. The molecule has 0 saturated carbocycles. The zero-order chi connectivity index (χ0) is 15.4. The molecule has 0 aliphatic heterocycles. The Hall–Kier alpha value is -2.22. The van der Waals surface area contributed by atoms with Crippen LogP contribution in [0.3, 0.4) is 0 Å². The van der Waals surface area contributed by atoms with Gasteiger partial charge in [0.05, 0.1) is 11.5 Å². The lowest BCUT2D eigenvalue weighted by atomic mass is 10.2. The Balaban J connectivity index is 3.07. The molecule has 0 bridgehead atoms. The van der Waals surface area contributed by atoms with Crippen LogP contribution in [0, 0.1) is 10.1 Å². The van der Waals surface area contributed by atoms with Crippen LogP contribution in [0.2, 0.25) is 5.15 Å². The predicted molar refractivity (Wildman–Crippen MR) is 71.6 cm³/mol. The van der Waals surface area contributed by atoms with Crippen molar-refractivity contribution in [3.63, 3.8) is 0 Å². The summed E-state index contributed by atoms with van der Waals surface area (Å²) in [5, 5.41) is 10.6. The summed E-state index contributed by atoms with van der Waals surface area (Å²) in [4.78, 5) is 39.8. The van der Waals surface area contributed by atoms with Gasteiger partial charge in [-0.25, -0.2) is 4.98 Å². The number of nitrogens with zero attached hydrogens (tertiary/aromatic N) is 4. The van der Waals surface area contributed by atoms with Crippen molar-refractivity contribution in [1.29, 1.82) is 0 Å². The van der Waals surface area contributed by atoms with Crippen LogP contribution in [0.4, 0.5) is 5.69 Å². The second-order valence-corrected chi connectivity index (χ2v) is 4.56. The molecule has 20 heavy (non-hydrogen) atoms. The summed E-state index contributed by atoms with van der Waals surface area (Å²) in [6.07, 6.45) is 1.20. The maximum atomic E-state index is 12.1. The molecule has 1 aromatic heterocycles. The zero-order valence-corrected chi connectivity index (χ0v) is 11.9. The SMILES string of the molecule is CN(C)C(=O)CN(C)C(=O)c1ccnc(Cl)c1[N+](=O)[O-]. The van der Waals surface area contributed by atoms with E-state index < -0.39 is 16.5 Å². The van der Waals surface area contributed by atoms with Gasteiger partial charge in [-0.05, 0) is 6.07 Å². The first kappa shape index (κ1) is 15.8. The van der Waals surface area contributed by atoms with Gasteiger partial charge >= 0.3 is 5.69 Å². The number of carbonyl (C=O) groups is 2. The third kappa shape index (κ3) is 3.41. The van der Waals surface area contributed by atoms with Crippen LogP contribution in [-0.2, 0) is 4.79 Å². The number of amides is 2. The van der Waals surface area contributed by atoms with Gasteiger partial charge in [-0.15, -0.1) is 0 Å². The predicted octanol–water partition coefficient (Wildman–Crippen LogP) is 0.803. The topological polar surface area (TPSA) is 96.7 Å². The quantitative estimate of drug-likeness (QED) is 0.465. The lowest BCUT2D eigenvalue weighted by Gasteiger charge is -2.19. The minimum Gasteiger partial charge on any atom is -0.347 e. The third-order valence-corrected chi connectivity index (χ3v) is 2.79. The summed E-state index contributed by atoms with van der Waals surface area (Å²) < 4.78 is 0. The van der Waals surface area contributed by atoms with Gasteiger partial charge in [0, 0.05) is 27.3 Å². The highest BCUT2D eigenvalue weighted by Crippen LogP contribution is 2.26. The minimum absolute atomic E-state index is 0.192. The first-order chi connectivity index (χ1) is 9.25. The first-order valence-electron chi connectivity index (χ1n) is 5.50. The van der Waals surface area contributed by atoms with Crippen LogP contribution in [0.15, 0.2) is 12.3 Å². The first-order valence-corrected chi connectivity index (χ1v) is 5.88. The number of halogens is 1. The molecule has 0 N–H and O–H groups in total. The Bertz CT molecular complexity index is 561. The van der Waals surface area contributed by atoms with Crippen LogP contribution >= 0.6 is 11.6 Å². The van der Waals surface area contributed by atoms with E-state index in [1.807, 2.05) is 0 Å². The fourth-order valence-electron chi connectivity index (χ4n) is 1.40. The van der Waals surface area contributed by atoms with E-state index in [4.69, 9.17) is 11.6 Å². The third-order valence-electron chi connectivity index (χ3n) is 2.51. The van der Waals surface area contributed by atoms with E-state index >= 15 is 0 Å². The highest BCUT2D eigenvalue weighted by atomic mass is 35.5. The standard InChI is InChI=1S/C11H13ClN4O4/c1-14(2)8(17)6-15(3)11(18)7-4-5-13-10(12)9(7)16(19)20/h4-5H,6H2,1-3H3. The number of nitro groups is 1. The normalized spacial score (nSPS) is 10.0. The molecule has 0 aliphatic rings. The molecule has 0 unspecified atom stereocenters. The molecule has 0 aliphatic carbocycles.